The number of benzene rings is 1. The number of hydrogen-bond acceptors (Lipinski definition) is 8. The minimum atomic E-state index is -1.22. The van der Waals surface area contributed by atoms with Crippen LogP contribution in [0.3, 0.4) is 0 Å². The highest BCUT2D eigenvalue weighted by atomic mass is 16.5. The second-order valence-electron chi connectivity index (χ2n) is 10.5. The maximum Gasteiger partial charge on any atom is 0.259 e. The summed E-state index contributed by atoms with van der Waals surface area (Å²) in [6.45, 7) is 4.72. The van der Waals surface area contributed by atoms with Gasteiger partial charge in [-0.15, -0.1) is 0 Å². The van der Waals surface area contributed by atoms with Gasteiger partial charge in [-0.25, -0.2) is 0 Å². The summed E-state index contributed by atoms with van der Waals surface area (Å²) in [6, 6.07) is 10.4. The van der Waals surface area contributed by atoms with Crippen LogP contribution in [0.4, 0.5) is 0 Å². The van der Waals surface area contributed by atoms with Gasteiger partial charge in [-0.1, -0.05) is 36.3 Å². The third-order valence-corrected chi connectivity index (χ3v) is 8.21. The molecule has 8 nitrogen and oxygen atoms in total. The van der Waals surface area contributed by atoms with E-state index in [2.05, 4.69) is 51.6 Å². The van der Waals surface area contributed by atoms with Crippen molar-refractivity contribution in [1.29, 1.82) is 0 Å². The van der Waals surface area contributed by atoms with Crippen LogP contribution < -0.4 is 5.32 Å². The number of rotatable bonds is 7. The molecular weight excluding hydrogens is 444 g/mol. The Balaban J connectivity index is 1.37. The molecule has 184 valence electrons. The zero-order chi connectivity index (χ0) is 24.1. The molecule has 0 spiro atoms. The number of aromatic nitrogens is 3. The highest BCUT2D eigenvalue weighted by Crippen LogP contribution is 2.49. The van der Waals surface area contributed by atoms with Crippen molar-refractivity contribution in [3.8, 4) is 11.5 Å². The van der Waals surface area contributed by atoms with E-state index >= 15 is 0 Å². The molecule has 0 bridgehead atoms. The summed E-state index contributed by atoms with van der Waals surface area (Å²) in [5, 5.41) is 19.9. The molecule has 4 heterocycles. The lowest BCUT2D eigenvalue weighted by Crippen LogP contribution is -2.63. The number of methoxy groups -OCH3 is 1. The lowest BCUT2D eigenvalue weighted by molar-refractivity contribution is -0.101. The molecule has 1 saturated carbocycles. The van der Waals surface area contributed by atoms with Gasteiger partial charge in [-0.2, -0.15) is 4.98 Å². The van der Waals surface area contributed by atoms with Gasteiger partial charge in [-0.05, 0) is 36.0 Å². The fourth-order valence-corrected chi connectivity index (χ4v) is 5.53. The predicted molar refractivity (Wildman–Crippen MR) is 129 cm³/mol. The van der Waals surface area contributed by atoms with Gasteiger partial charge in [0, 0.05) is 69.6 Å². The molecule has 8 heteroatoms. The third-order valence-electron chi connectivity index (χ3n) is 8.21. The van der Waals surface area contributed by atoms with Crippen LogP contribution in [0.25, 0.3) is 11.5 Å². The highest BCUT2D eigenvalue weighted by Gasteiger charge is 2.53. The summed E-state index contributed by atoms with van der Waals surface area (Å²) >= 11 is 0. The number of pyridine rings is 1. The van der Waals surface area contributed by atoms with Crippen LogP contribution in [0.5, 0.6) is 0 Å². The summed E-state index contributed by atoms with van der Waals surface area (Å²) in [5.74, 6) is 1.55. The number of hydrogen-bond donors (Lipinski definition) is 2. The highest BCUT2D eigenvalue weighted by molar-refractivity contribution is 5.55. The summed E-state index contributed by atoms with van der Waals surface area (Å²) in [6.07, 6.45) is 7.28. The molecule has 0 radical (unpaired) electrons. The normalized spacial score (nSPS) is 22.8. The van der Waals surface area contributed by atoms with E-state index in [1.807, 2.05) is 6.07 Å². The lowest BCUT2D eigenvalue weighted by atomic mass is 9.63. The standard InChI is InChI=1S/C27H32N4O4/c1-25(16-29-17-25)27(32,21-7-5-19(6-8-21)18-3-4-18)22-13-20(14-28-15-22)23-30-24(31-35-23)26(33-2)9-11-34-12-10-26/h5-8,13-15,18,29,32H,3-4,9-12,16-17H2,1-2H3. The molecule has 1 unspecified atom stereocenters. The van der Waals surface area contributed by atoms with Gasteiger partial charge in [-0.3, -0.25) is 4.98 Å². The molecule has 2 N–H and O–H groups in total. The van der Waals surface area contributed by atoms with Gasteiger partial charge in [0.1, 0.15) is 11.2 Å². The maximum atomic E-state index is 12.4. The van der Waals surface area contributed by atoms with Gasteiger partial charge in [0.15, 0.2) is 0 Å². The summed E-state index contributed by atoms with van der Waals surface area (Å²) in [4.78, 5) is 9.17. The first-order chi connectivity index (χ1) is 17.0. The Morgan fingerprint density at radius 1 is 1.09 bits per heavy atom. The van der Waals surface area contributed by atoms with E-state index in [0.29, 0.717) is 67.9 Å². The van der Waals surface area contributed by atoms with Crippen LogP contribution in [0.2, 0.25) is 0 Å². The molecule has 1 atom stereocenters. The number of nitrogens with zero attached hydrogens (tertiary/aromatic N) is 3. The minimum Gasteiger partial charge on any atom is -0.381 e. The first-order valence-corrected chi connectivity index (χ1v) is 12.4. The van der Waals surface area contributed by atoms with E-state index in [1.54, 1.807) is 19.5 Å². The van der Waals surface area contributed by atoms with Crippen LogP contribution in [-0.2, 0) is 20.7 Å². The topological polar surface area (TPSA) is 103 Å². The van der Waals surface area contributed by atoms with Crippen molar-refractivity contribution in [1.82, 2.24) is 20.4 Å². The van der Waals surface area contributed by atoms with Gasteiger partial charge < -0.3 is 24.4 Å². The van der Waals surface area contributed by atoms with Crippen LogP contribution in [0, 0.1) is 5.41 Å². The van der Waals surface area contributed by atoms with E-state index in [0.717, 1.165) is 5.56 Å². The Hall–Kier alpha value is -2.65. The average Bonchev–Trinajstić information content (AvgIpc) is 3.62. The van der Waals surface area contributed by atoms with Crippen LogP contribution in [-0.4, -0.2) is 53.6 Å². The summed E-state index contributed by atoms with van der Waals surface area (Å²) in [5.41, 5.74) is 1.39. The molecule has 3 fully saturated rings. The van der Waals surface area contributed by atoms with Crippen molar-refractivity contribution in [2.45, 2.75) is 49.7 Å². The monoisotopic (exact) mass is 476 g/mol. The predicted octanol–water partition coefficient (Wildman–Crippen LogP) is 3.51. The van der Waals surface area contributed by atoms with Crippen molar-refractivity contribution in [2.24, 2.45) is 5.41 Å². The first kappa shape index (κ1) is 22.8. The van der Waals surface area contributed by atoms with Crippen molar-refractivity contribution >= 4 is 0 Å². The molecule has 2 aromatic heterocycles. The van der Waals surface area contributed by atoms with E-state index < -0.39 is 11.2 Å². The van der Waals surface area contributed by atoms with Crippen molar-refractivity contribution in [3.63, 3.8) is 0 Å². The Morgan fingerprint density at radius 2 is 1.83 bits per heavy atom. The van der Waals surface area contributed by atoms with Crippen LogP contribution in [0.15, 0.2) is 47.2 Å². The zero-order valence-electron chi connectivity index (χ0n) is 20.3. The summed E-state index contributed by atoms with van der Waals surface area (Å²) in [7, 11) is 1.67. The van der Waals surface area contributed by atoms with Crippen molar-refractivity contribution in [2.75, 3.05) is 33.4 Å². The van der Waals surface area contributed by atoms with Gasteiger partial charge in [0.05, 0.1) is 5.56 Å². The Bertz CT molecular complexity index is 1200. The van der Waals surface area contributed by atoms with E-state index in [1.165, 1.54) is 18.4 Å². The van der Waals surface area contributed by atoms with Crippen LogP contribution in [0.1, 0.15) is 61.0 Å². The van der Waals surface area contributed by atoms with E-state index in [-0.39, 0.29) is 5.41 Å². The molecule has 1 aliphatic carbocycles. The average molecular weight is 477 g/mol. The van der Waals surface area contributed by atoms with Crippen molar-refractivity contribution < 1.29 is 19.1 Å². The molecule has 2 saturated heterocycles. The second kappa shape index (κ2) is 8.48. The molecule has 2 aliphatic heterocycles. The quantitative estimate of drug-likeness (QED) is 0.534. The van der Waals surface area contributed by atoms with E-state index in [9.17, 15) is 5.11 Å². The largest absolute Gasteiger partial charge is 0.381 e. The maximum absolute atomic E-state index is 12.4. The van der Waals surface area contributed by atoms with Crippen molar-refractivity contribution in [3.05, 3.63) is 65.2 Å². The van der Waals surface area contributed by atoms with Gasteiger partial charge >= 0.3 is 0 Å². The number of nitrogens with one attached hydrogen (secondary N) is 1. The molecule has 35 heavy (non-hydrogen) atoms. The minimum absolute atomic E-state index is 0.362. The molecule has 3 aliphatic rings. The molecular formula is C27H32N4O4. The lowest BCUT2D eigenvalue weighted by Gasteiger charge is -2.52. The Labute approximate surface area is 205 Å². The molecule has 1 aromatic carbocycles. The van der Waals surface area contributed by atoms with Gasteiger partial charge in [0.2, 0.25) is 5.82 Å². The van der Waals surface area contributed by atoms with Crippen LogP contribution >= 0.6 is 0 Å². The Morgan fingerprint density at radius 3 is 2.46 bits per heavy atom. The molecule has 6 rings (SSSR count). The fraction of sp³-hybridized carbons (Fsp3) is 0.519. The third kappa shape index (κ3) is 3.71. The SMILES string of the molecule is COC1(c2noc(-c3cncc(C(O)(c4ccc(C5CC5)cc4)C4(C)CNC4)c3)n2)CCOCC1. The van der Waals surface area contributed by atoms with Gasteiger partial charge in [0.25, 0.3) is 5.89 Å². The first-order valence-electron chi connectivity index (χ1n) is 12.4. The Kier molecular flexibility index (Phi) is 5.52. The number of aliphatic hydroxyl groups is 1. The number of ether oxygens (including phenoxy) is 2. The zero-order valence-corrected chi connectivity index (χ0v) is 20.3. The second-order valence-corrected chi connectivity index (χ2v) is 10.5. The smallest absolute Gasteiger partial charge is 0.259 e. The molecule has 0 amide bonds. The van der Waals surface area contributed by atoms with E-state index in [4.69, 9.17) is 14.0 Å². The molecule has 3 aromatic rings. The fourth-order valence-electron chi connectivity index (χ4n) is 5.53. The summed E-state index contributed by atoms with van der Waals surface area (Å²) < 4.78 is 17.0.